The minimum absolute atomic E-state index is 0.693. The van der Waals surface area contributed by atoms with Gasteiger partial charge in [-0.1, -0.05) is 53.0 Å². The minimum atomic E-state index is -1.45. The van der Waals surface area contributed by atoms with Gasteiger partial charge in [-0.15, -0.1) is 0 Å². The van der Waals surface area contributed by atoms with Crippen molar-refractivity contribution in [3.8, 4) is 5.69 Å². The van der Waals surface area contributed by atoms with E-state index in [0.29, 0.717) is 5.69 Å². The van der Waals surface area contributed by atoms with Gasteiger partial charge in [-0.2, -0.15) is 5.10 Å². The van der Waals surface area contributed by atoms with Gasteiger partial charge in [-0.25, -0.2) is 4.68 Å². The highest BCUT2D eigenvalue weighted by Gasteiger charge is 2.34. The Balaban J connectivity index is 2.22. The van der Waals surface area contributed by atoms with E-state index in [1.54, 1.807) is 4.68 Å². The Morgan fingerprint density at radius 2 is 1.68 bits per heavy atom. The van der Waals surface area contributed by atoms with Crippen LogP contribution in [0.4, 0.5) is 0 Å². The van der Waals surface area contributed by atoms with Gasteiger partial charge in [0, 0.05) is 5.56 Å². The number of rotatable bonds is 1. The van der Waals surface area contributed by atoms with Crippen molar-refractivity contribution in [3.63, 3.8) is 0 Å². The van der Waals surface area contributed by atoms with E-state index in [-0.39, 0.29) is 0 Å². The molecule has 0 unspecified atom stereocenters. The second-order valence-corrected chi connectivity index (χ2v) is 7.01. The largest absolute Gasteiger partial charge is 0.233 e. The van der Waals surface area contributed by atoms with Gasteiger partial charge in [0.15, 0.2) is 0 Å². The molecule has 0 bridgehead atoms. The van der Waals surface area contributed by atoms with Gasteiger partial charge < -0.3 is 0 Å². The van der Waals surface area contributed by atoms with Crippen molar-refractivity contribution in [1.82, 2.24) is 9.78 Å². The van der Waals surface area contributed by atoms with Gasteiger partial charge in [-0.05, 0) is 37.8 Å². The number of alkyl halides is 3. The molecule has 0 fully saturated rings. The Hall–Kier alpha value is -0.700. The number of halogens is 3. The summed E-state index contributed by atoms with van der Waals surface area (Å²) in [5.74, 6) is 0. The predicted octanol–water partition coefficient (Wildman–Crippen LogP) is 4.58. The Bertz CT molecular complexity index is 585. The molecule has 0 amide bonds. The summed E-state index contributed by atoms with van der Waals surface area (Å²) < 4.78 is 0.330. The normalized spacial score (nSPS) is 15.3. The molecule has 1 aromatic carbocycles. The molecule has 0 radical (unpaired) electrons. The van der Waals surface area contributed by atoms with Gasteiger partial charge in [0.25, 0.3) is 0 Å². The molecule has 0 spiro atoms. The summed E-state index contributed by atoms with van der Waals surface area (Å²) in [6.07, 6.45) is 4.17. The van der Waals surface area contributed by atoms with Crippen LogP contribution in [0.2, 0.25) is 0 Å². The first-order valence-electron chi connectivity index (χ1n) is 6.31. The van der Waals surface area contributed by atoms with Crippen LogP contribution in [0.15, 0.2) is 30.3 Å². The topological polar surface area (TPSA) is 17.8 Å². The summed E-state index contributed by atoms with van der Waals surface area (Å²) in [7, 11) is 0. The highest BCUT2D eigenvalue weighted by molar-refractivity contribution is 6.66. The molecule has 100 valence electrons. The molecule has 2 nitrogen and oxygen atoms in total. The number of nitrogens with zero attached hydrogens (tertiary/aromatic N) is 2. The molecule has 0 N–H and O–H groups in total. The zero-order valence-electron chi connectivity index (χ0n) is 10.2. The number of aryl methyl sites for hydroxylation is 1. The van der Waals surface area contributed by atoms with Crippen molar-refractivity contribution < 1.29 is 0 Å². The van der Waals surface area contributed by atoms with Crippen LogP contribution in [0.25, 0.3) is 5.69 Å². The molecule has 1 aromatic heterocycles. The van der Waals surface area contributed by atoms with Crippen molar-refractivity contribution in [1.29, 1.82) is 0 Å². The zero-order chi connectivity index (χ0) is 13.5. The number of fused-ring (bicyclic) bond motifs is 1. The maximum Gasteiger partial charge on any atom is 0.232 e. The Kier molecular flexibility index (Phi) is 3.50. The van der Waals surface area contributed by atoms with Crippen molar-refractivity contribution in [2.45, 2.75) is 29.5 Å². The summed E-state index contributed by atoms with van der Waals surface area (Å²) in [6, 6.07) is 9.81. The van der Waals surface area contributed by atoms with Gasteiger partial charge in [0.2, 0.25) is 3.79 Å². The molecule has 1 aliphatic carbocycles. The van der Waals surface area contributed by atoms with Crippen LogP contribution in [-0.4, -0.2) is 9.78 Å². The smallest absolute Gasteiger partial charge is 0.232 e. The second-order valence-electron chi connectivity index (χ2n) is 4.73. The lowest BCUT2D eigenvalue weighted by Crippen LogP contribution is -2.13. The number of hydrogen-bond donors (Lipinski definition) is 0. The Morgan fingerprint density at radius 3 is 2.37 bits per heavy atom. The lowest BCUT2D eigenvalue weighted by molar-refractivity contribution is 0.670. The molecule has 5 heteroatoms. The van der Waals surface area contributed by atoms with Crippen LogP contribution >= 0.6 is 34.8 Å². The average molecular weight is 316 g/mol. The van der Waals surface area contributed by atoms with Gasteiger partial charge >= 0.3 is 0 Å². The van der Waals surface area contributed by atoms with Gasteiger partial charge in [0.1, 0.15) is 0 Å². The summed E-state index contributed by atoms with van der Waals surface area (Å²) in [5.41, 5.74) is 3.79. The first-order chi connectivity index (χ1) is 9.07. The molecule has 0 saturated heterocycles. The summed E-state index contributed by atoms with van der Waals surface area (Å²) >= 11 is 18.5. The van der Waals surface area contributed by atoms with E-state index in [9.17, 15) is 0 Å². The van der Waals surface area contributed by atoms with Gasteiger partial charge in [0.05, 0.1) is 17.1 Å². The lowest BCUT2D eigenvalue weighted by Gasteiger charge is -2.17. The third-order valence-corrected chi connectivity index (χ3v) is 3.96. The third kappa shape index (κ3) is 2.49. The number of benzene rings is 1. The van der Waals surface area contributed by atoms with Gasteiger partial charge in [-0.3, -0.25) is 0 Å². The first-order valence-corrected chi connectivity index (χ1v) is 7.44. The fourth-order valence-corrected chi connectivity index (χ4v) is 3.18. The van der Waals surface area contributed by atoms with Crippen molar-refractivity contribution in [3.05, 3.63) is 47.3 Å². The fraction of sp³-hybridized carbons (Fsp3) is 0.357. The van der Waals surface area contributed by atoms with Crippen LogP contribution in [0.1, 0.15) is 29.8 Å². The van der Waals surface area contributed by atoms with Crippen molar-refractivity contribution in [2.75, 3.05) is 0 Å². The molecule has 2 aromatic rings. The molecule has 3 rings (SSSR count). The SMILES string of the molecule is ClC(Cl)(Cl)c1c2c(nn1-c1ccccc1)CCCC2. The summed E-state index contributed by atoms with van der Waals surface area (Å²) in [4.78, 5) is 0. The van der Waals surface area contributed by atoms with E-state index in [1.807, 2.05) is 30.3 Å². The molecule has 0 atom stereocenters. The van der Waals surface area contributed by atoms with E-state index in [4.69, 9.17) is 34.8 Å². The molecule has 19 heavy (non-hydrogen) atoms. The van der Waals surface area contributed by atoms with Crippen LogP contribution in [0.5, 0.6) is 0 Å². The first kappa shape index (κ1) is 13.3. The molecular formula is C14H13Cl3N2. The van der Waals surface area contributed by atoms with Crippen molar-refractivity contribution in [2.24, 2.45) is 0 Å². The van der Waals surface area contributed by atoms with Crippen LogP contribution in [0.3, 0.4) is 0 Å². The molecule has 0 saturated carbocycles. The summed E-state index contributed by atoms with van der Waals surface area (Å²) in [6.45, 7) is 0. The fourth-order valence-electron chi connectivity index (χ4n) is 2.60. The predicted molar refractivity (Wildman–Crippen MR) is 79.4 cm³/mol. The zero-order valence-corrected chi connectivity index (χ0v) is 12.5. The van der Waals surface area contributed by atoms with E-state index >= 15 is 0 Å². The second kappa shape index (κ2) is 5.01. The maximum absolute atomic E-state index is 6.16. The quantitative estimate of drug-likeness (QED) is 0.704. The van der Waals surface area contributed by atoms with Crippen molar-refractivity contribution >= 4 is 34.8 Å². The molecule has 1 heterocycles. The Labute approximate surface area is 127 Å². The summed E-state index contributed by atoms with van der Waals surface area (Å²) in [5, 5.41) is 4.65. The van der Waals surface area contributed by atoms with E-state index in [1.165, 1.54) is 0 Å². The average Bonchev–Trinajstić information content (AvgIpc) is 2.79. The number of para-hydroxylation sites is 1. The van der Waals surface area contributed by atoms with Crippen LogP contribution in [-0.2, 0) is 16.6 Å². The third-order valence-electron chi connectivity index (χ3n) is 3.43. The monoisotopic (exact) mass is 314 g/mol. The molecule has 0 aliphatic heterocycles. The number of hydrogen-bond acceptors (Lipinski definition) is 1. The molecule has 1 aliphatic rings. The van der Waals surface area contributed by atoms with Crippen LogP contribution in [0, 0.1) is 0 Å². The van der Waals surface area contributed by atoms with E-state index < -0.39 is 3.79 Å². The highest BCUT2D eigenvalue weighted by Crippen LogP contribution is 2.43. The Morgan fingerprint density at radius 1 is 1.00 bits per heavy atom. The highest BCUT2D eigenvalue weighted by atomic mass is 35.6. The number of aromatic nitrogens is 2. The maximum atomic E-state index is 6.16. The van der Waals surface area contributed by atoms with E-state index in [0.717, 1.165) is 42.6 Å². The minimum Gasteiger partial charge on any atom is -0.233 e. The lowest BCUT2D eigenvalue weighted by atomic mass is 9.96. The van der Waals surface area contributed by atoms with E-state index in [2.05, 4.69) is 5.10 Å². The molecular weight excluding hydrogens is 303 g/mol. The standard InChI is InChI=1S/C14H13Cl3N2/c15-14(16,17)13-11-8-4-5-9-12(11)18-19(13)10-6-2-1-3-7-10/h1-3,6-7H,4-5,8-9H2. The van der Waals surface area contributed by atoms with Crippen LogP contribution < -0.4 is 0 Å².